The minimum absolute atomic E-state index is 0.334. The van der Waals surface area contributed by atoms with Crippen molar-refractivity contribution in [2.75, 3.05) is 5.32 Å². The smallest absolute Gasteiger partial charge is 0.0651 e. The highest BCUT2D eigenvalue weighted by molar-refractivity contribution is 5.81. The van der Waals surface area contributed by atoms with Gasteiger partial charge in [-0.3, -0.25) is 5.10 Å². The number of hydrogen-bond donors (Lipinski definition) is 2. The van der Waals surface area contributed by atoms with Gasteiger partial charge in [0.05, 0.1) is 17.8 Å². The summed E-state index contributed by atoms with van der Waals surface area (Å²) in [6.07, 6.45) is 3.99. The van der Waals surface area contributed by atoms with Gasteiger partial charge in [0, 0.05) is 11.1 Å². The SMILES string of the molecule is CCc1ccc(C(CC)Nc2ccc3[nH]ncc3c2)cc1. The fourth-order valence-corrected chi connectivity index (χ4v) is 2.64. The summed E-state index contributed by atoms with van der Waals surface area (Å²) < 4.78 is 0. The second-order valence-electron chi connectivity index (χ2n) is 5.37. The van der Waals surface area contributed by atoms with E-state index in [4.69, 9.17) is 0 Å². The van der Waals surface area contributed by atoms with Crippen molar-refractivity contribution in [2.24, 2.45) is 0 Å². The lowest BCUT2D eigenvalue weighted by Crippen LogP contribution is -2.09. The maximum atomic E-state index is 4.07. The van der Waals surface area contributed by atoms with E-state index >= 15 is 0 Å². The van der Waals surface area contributed by atoms with Crippen molar-refractivity contribution in [1.29, 1.82) is 0 Å². The van der Waals surface area contributed by atoms with Crippen LogP contribution in [0.5, 0.6) is 0 Å². The number of aryl methyl sites for hydroxylation is 1. The number of rotatable bonds is 5. The normalized spacial score (nSPS) is 12.5. The van der Waals surface area contributed by atoms with E-state index in [1.807, 2.05) is 6.20 Å². The highest BCUT2D eigenvalue weighted by Gasteiger charge is 2.09. The van der Waals surface area contributed by atoms with E-state index in [0.29, 0.717) is 6.04 Å². The number of nitrogens with zero attached hydrogens (tertiary/aromatic N) is 1. The van der Waals surface area contributed by atoms with Gasteiger partial charge in [-0.1, -0.05) is 38.1 Å². The minimum Gasteiger partial charge on any atom is -0.378 e. The average Bonchev–Trinajstić information content (AvgIpc) is 3.00. The van der Waals surface area contributed by atoms with Crippen molar-refractivity contribution in [3.63, 3.8) is 0 Å². The van der Waals surface area contributed by atoms with Crippen LogP contribution in [0, 0.1) is 0 Å². The molecule has 0 fully saturated rings. The molecule has 2 N–H and O–H groups in total. The largest absolute Gasteiger partial charge is 0.378 e. The molecule has 0 amide bonds. The maximum absolute atomic E-state index is 4.07. The molecule has 0 aliphatic carbocycles. The number of nitrogens with one attached hydrogen (secondary N) is 2. The van der Waals surface area contributed by atoms with Crippen LogP contribution in [0.2, 0.25) is 0 Å². The Kier molecular flexibility index (Phi) is 3.91. The van der Waals surface area contributed by atoms with Crippen molar-refractivity contribution in [2.45, 2.75) is 32.7 Å². The van der Waals surface area contributed by atoms with E-state index in [1.54, 1.807) is 0 Å². The van der Waals surface area contributed by atoms with Crippen LogP contribution in [0.25, 0.3) is 10.9 Å². The first-order valence-corrected chi connectivity index (χ1v) is 7.58. The van der Waals surface area contributed by atoms with Gasteiger partial charge in [-0.05, 0) is 42.2 Å². The van der Waals surface area contributed by atoms with Crippen LogP contribution in [-0.2, 0) is 6.42 Å². The minimum atomic E-state index is 0.334. The second-order valence-corrected chi connectivity index (χ2v) is 5.37. The molecular weight excluding hydrogens is 258 g/mol. The molecule has 108 valence electrons. The summed E-state index contributed by atoms with van der Waals surface area (Å²) in [6, 6.07) is 15.5. The van der Waals surface area contributed by atoms with Crippen LogP contribution < -0.4 is 5.32 Å². The van der Waals surface area contributed by atoms with Gasteiger partial charge in [0.1, 0.15) is 0 Å². The average molecular weight is 279 g/mol. The Labute approximate surface area is 125 Å². The molecule has 21 heavy (non-hydrogen) atoms. The third kappa shape index (κ3) is 2.92. The molecule has 0 saturated heterocycles. The number of fused-ring (bicyclic) bond motifs is 1. The third-order valence-electron chi connectivity index (χ3n) is 3.98. The van der Waals surface area contributed by atoms with Crippen molar-refractivity contribution < 1.29 is 0 Å². The van der Waals surface area contributed by atoms with Crippen LogP contribution in [0.4, 0.5) is 5.69 Å². The van der Waals surface area contributed by atoms with Gasteiger partial charge in [-0.15, -0.1) is 0 Å². The van der Waals surface area contributed by atoms with Crippen molar-refractivity contribution in [3.05, 3.63) is 59.8 Å². The van der Waals surface area contributed by atoms with E-state index in [2.05, 4.69) is 71.8 Å². The zero-order chi connectivity index (χ0) is 14.7. The molecular formula is C18H21N3. The standard InChI is InChI=1S/C18H21N3/c1-3-13-5-7-14(8-6-13)17(4-2)20-16-9-10-18-15(11-16)12-19-21-18/h5-12,17,20H,3-4H2,1-2H3,(H,19,21). The van der Waals surface area contributed by atoms with E-state index in [-0.39, 0.29) is 0 Å². The van der Waals surface area contributed by atoms with E-state index in [1.165, 1.54) is 11.1 Å². The number of anilines is 1. The summed E-state index contributed by atoms with van der Waals surface area (Å²) in [5, 5.41) is 11.8. The summed E-state index contributed by atoms with van der Waals surface area (Å²) >= 11 is 0. The van der Waals surface area contributed by atoms with E-state index in [0.717, 1.165) is 29.4 Å². The molecule has 3 aromatic rings. The molecule has 0 saturated carbocycles. The van der Waals surface area contributed by atoms with E-state index < -0.39 is 0 Å². The van der Waals surface area contributed by atoms with Crippen LogP contribution in [0.1, 0.15) is 37.4 Å². The lowest BCUT2D eigenvalue weighted by molar-refractivity contribution is 0.749. The van der Waals surface area contributed by atoms with Gasteiger partial charge in [-0.2, -0.15) is 5.10 Å². The van der Waals surface area contributed by atoms with Crippen LogP contribution >= 0.6 is 0 Å². The predicted octanol–water partition coefficient (Wildman–Crippen LogP) is 4.69. The molecule has 0 aliphatic heterocycles. The Hall–Kier alpha value is -2.29. The summed E-state index contributed by atoms with van der Waals surface area (Å²) in [7, 11) is 0. The number of benzene rings is 2. The molecule has 3 heteroatoms. The number of hydrogen-bond acceptors (Lipinski definition) is 2. The van der Waals surface area contributed by atoms with Gasteiger partial charge in [0.15, 0.2) is 0 Å². The highest BCUT2D eigenvalue weighted by Crippen LogP contribution is 2.25. The number of aromatic amines is 1. The summed E-state index contributed by atoms with van der Waals surface area (Å²) in [6.45, 7) is 4.40. The Bertz CT molecular complexity index is 713. The first kappa shape index (κ1) is 13.7. The Morgan fingerprint density at radius 2 is 1.90 bits per heavy atom. The quantitative estimate of drug-likeness (QED) is 0.711. The van der Waals surface area contributed by atoms with Crippen molar-refractivity contribution in [1.82, 2.24) is 10.2 Å². The Morgan fingerprint density at radius 1 is 1.10 bits per heavy atom. The fourth-order valence-electron chi connectivity index (χ4n) is 2.64. The molecule has 0 spiro atoms. The molecule has 0 radical (unpaired) electrons. The zero-order valence-corrected chi connectivity index (χ0v) is 12.6. The maximum Gasteiger partial charge on any atom is 0.0651 e. The number of H-pyrrole nitrogens is 1. The topological polar surface area (TPSA) is 40.7 Å². The second kappa shape index (κ2) is 6.00. The molecule has 1 atom stereocenters. The lowest BCUT2D eigenvalue weighted by atomic mass is 10.0. The van der Waals surface area contributed by atoms with Gasteiger partial charge in [-0.25, -0.2) is 0 Å². The van der Waals surface area contributed by atoms with Crippen LogP contribution in [-0.4, -0.2) is 10.2 Å². The van der Waals surface area contributed by atoms with Crippen LogP contribution in [0.3, 0.4) is 0 Å². The predicted molar refractivity (Wildman–Crippen MR) is 88.6 cm³/mol. The third-order valence-corrected chi connectivity index (χ3v) is 3.98. The molecule has 3 nitrogen and oxygen atoms in total. The summed E-state index contributed by atoms with van der Waals surface area (Å²) in [5.41, 5.74) is 4.92. The molecule has 1 heterocycles. The monoisotopic (exact) mass is 279 g/mol. The fraction of sp³-hybridized carbons (Fsp3) is 0.278. The van der Waals surface area contributed by atoms with Crippen molar-refractivity contribution >= 4 is 16.6 Å². The Balaban J connectivity index is 1.82. The first-order valence-electron chi connectivity index (χ1n) is 7.58. The first-order chi connectivity index (χ1) is 10.3. The molecule has 0 bridgehead atoms. The zero-order valence-electron chi connectivity index (χ0n) is 12.6. The molecule has 1 aromatic heterocycles. The summed E-state index contributed by atoms with van der Waals surface area (Å²) in [4.78, 5) is 0. The molecule has 3 rings (SSSR count). The van der Waals surface area contributed by atoms with Crippen molar-refractivity contribution in [3.8, 4) is 0 Å². The molecule has 2 aromatic carbocycles. The number of aromatic nitrogens is 2. The Morgan fingerprint density at radius 3 is 2.62 bits per heavy atom. The molecule has 0 aliphatic rings. The van der Waals surface area contributed by atoms with Gasteiger partial charge in [0.2, 0.25) is 0 Å². The lowest BCUT2D eigenvalue weighted by Gasteiger charge is -2.19. The van der Waals surface area contributed by atoms with Gasteiger partial charge in [0.25, 0.3) is 0 Å². The van der Waals surface area contributed by atoms with Gasteiger partial charge < -0.3 is 5.32 Å². The van der Waals surface area contributed by atoms with Crippen LogP contribution in [0.15, 0.2) is 48.7 Å². The highest BCUT2D eigenvalue weighted by atomic mass is 15.1. The van der Waals surface area contributed by atoms with Gasteiger partial charge >= 0.3 is 0 Å². The summed E-state index contributed by atoms with van der Waals surface area (Å²) in [5.74, 6) is 0. The molecule has 1 unspecified atom stereocenters. The van der Waals surface area contributed by atoms with E-state index in [9.17, 15) is 0 Å².